The third-order valence-corrected chi connectivity index (χ3v) is 2.46. The van der Waals surface area contributed by atoms with Crippen molar-refractivity contribution in [1.82, 2.24) is 9.91 Å². The molecule has 0 bridgehead atoms. The Morgan fingerprint density at radius 3 is 2.54 bits per heavy atom. The van der Waals surface area contributed by atoms with Crippen molar-refractivity contribution < 1.29 is 0 Å². The minimum Gasteiger partial charge on any atom is -0.306 e. The van der Waals surface area contributed by atoms with Gasteiger partial charge in [0.1, 0.15) is 0 Å². The summed E-state index contributed by atoms with van der Waals surface area (Å²) in [6, 6.07) is 0.502. The van der Waals surface area contributed by atoms with Gasteiger partial charge in [-0.15, -0.1) is 5.10 Å². The first kappa shape index (κ1) is 10.1. The molecule has 1 heterocycles. The number of likely N-dealkylation sites (tertiary alicyclic amines) is 1. The topological polar surface area (TPSA) is 43.6 Å². The number of rotatable bonds is 3. The summed E-state index contributed by atoms with van der Waals surface area (Å²) in [6.45, 7) is 5.51. The fourth-order valence-corrected chi connectivity index (χ4v) is 1.53. The Hall–Kier alpha value is -0.970. The quantitative estimate of drug-likeness (QED) is 0.372. The fraction of sp³-hybridized carbons (Fsp3) is 0.875. The lowest BCUT2D eigenvalue weighted by atomic mass is 10.1. The Morgan fingerprint density at radius 1 is 1.38 bits per heavy atom. The predicted molar refractivity (Wildman–Crippen MR) is 52.7 cm³/mol. The van der Waals surface area contributed by atoms with Gasteiger partial charge < -0.3 is 4.90 Å². The van der Waals surface area contributed by atoms with Crippen LogP contribution in [-0.4, -0.2) is 49.9 Å². The van der Waals surface area contributed by atoms with Crippen LogP contribution < -0.4 is 0 Å². The second-order valence-electron chi connectivity index (χ2n) is 3.43. The molecule has 0 amide bonds. The van der Waals surface area contributed by atoms with Crippen LogP contribution in [0.3, 0.4) is 0 Å². The van der Waals surface area contributed by atoms with Gasteiger partial charge in [0.05, 0.1) is 6.04 Å². The minimum absolute atomic E-state index is 0.502. The van der Waals surface area contributed by atoms with E-state index in [9.17, 15) is 0 Å². The Bertz CT molecular complexity index is 183. The summed E-state index contributed by atoms with van der Waals surface area (Å²) < 4.78 is 0. The molecule has 0 N–H and O–H groups in total. The van der Waals surface area contributed by atoms with E-state index >= 15 is 0 Å². The average molecular weight is 183 g/mol. The van der Waals surface area contributed by atoms with Gasteiger partial charge in [-0.05, 0) is 38.2 Å². The van der Waals surface area contributed by atoms with Crippen molar-refractivity contribution in [3.8, 4) is 0 Å². The molecule has 0 aliphatic carbocycles. The molecule has 0 radical (unpaired) electrons. The van der Waals surface area contributed by atoms with Crippen LogP contribution >= 0.6 is 0 Å². The molecule has 0 aromatic rings. The third-order valence-electron chi connectivity index (χ3n) is 2.46. The highest BCUT2D eigenvalue weighted by molar-refractivity contribution is 5.22. The van der Waals surface area contributed by atoms with E-state index in [2.05, 4.69) is 34.2 Å². The number of hydrogen-bond acceptors (Lipinski definition) is 3. The van der Waals surface area contributed by atoms with Gasteiger partial charge in [0, 0.05) is 13.8 Å². The van der Waals surface area contributed by atoms with E-state index in [0.717, 1.165) is 25.9 Å². The summed E-state index contributed by atoms with van der Waals surface area (Å²) in [6.07, 6.45) is 2.28. The van der Waals surface area contributed by atoms with Gasteiger partial charge in [0.2, 0.25) is 0 Å². The van der Waals surface area contributed by atoms with Crippen LogP contribution in [0.1, 0.15) is 12.8 Å². The largest absolute Gasteiger partial charge is 0.306 e. The molecule has 0 aromatic heterocycles. The van der Waals surface area contributed by atoms with Crippen LogP contribution in [0.5, 0.6) is 0 Å². The fourth-order valence-electron chi connectivity index (χ4n) is 1.53. The molecule has 0 saturated carbocycles. The Kier molecular flexibility index (Phi) is 3.82. The Labute approximate surface area is 79.1 Å². The molecule has 0 atom stereocenters. The lowest BCUT2D eigenvalue weighted by Gasteiger charge is -2.32. The van der Waals surface area contributed by atoms with Crippen LogP contribution in [0, 0.1) is 0 Å². The summed E-state index contributed by atoms with van der Waals surface area (Å²) in [7, 11) is 4.08. The smallest absolute Gasteiger partial charge is 0.0509 e. The van der Waals surface area contributed by atoms with E-state index in [1.807, 2.05) is 12.1 Å². The van der Waals surface area contributed by atoms with Crippen LogP contribution in [0.4, 0.5) is 0 Å². The predicted octanol–water partition coefficient (Wildman–Crippen LogP) is 0.995. The van der Waals surface area contributed by atoms with Gasteiger partial charge in [0.25, 0.3) is 0 Å². The minimum atomic E-state index is 0.502. The second kappa shape index (κ2) is 4.91. The van der Waals surface area contributed by atoms with Crippen molar-refractivity contribution in [2.75, 3.05) is 27.2 Å². The average Bonchev–Trinajstić information content (AvgIpc) is 2.15. The molecule has 1 aliphatic rings. The molecular weight excluding hydrogens is 166 g/mol. The van der Waals surface area contributed by atoms with Crippen molar-refractivity contribution in [3.63, 3.8) is 0 Å². The monoisotopic (exact) mass is 183 g/mol. The summed E-state index contributed by atoms with van der Waals surface area (Å²) in [4.78, 5) is 2.33. The highest BCUT2D eigenvalue weighted by Gasteiger charge is 2.19. The second-order valence-corrected chi connectivity index (χ2v) is 3.43. The van der Waals surface area contributed by atoms with Crippen molar-refractivity contribution in [2.45, 2.75) is 18.9 Å². The van der Waals surface area contributed by atoms with E-state index < -0.39 is 0 Å². The van der Waals surface area contributed by atoms with Crippen molar-refractivity contribution in [3.05, 3.63) is 0 Å². The molecular formula is C8H17N5. The maximum atomic E-state index is 3.90. The molecule has 0 spiro atoms. The molecule has 0 aromatic carbocycles. The number of hydrogen-bond donors (Lipinski definition) is 0. The molecule has 1 aliphatic heterocycles. The molecule has 13 heavy (non-hydrogen) atoms. The first-order chi connectivity index (χ1) is 6.24. The Morgan fingerprint density at radius 2 is 2.00 bits per heavy atom. The third kappa shape index (κ3) is 3.10. The zero-order valence-electron chi connectivity index (χ0n) is 8.35. The van der Waals surface area contributed by atoms with Crippen LogP contribution in [0.25, 0.3) is 0 Å². The van der Waals surface area contributed by atoms with Crippen LogP contribution in [0.15, 0.2) is 15.5 Å². The Balaban J connectivity index is 2.35. The van der Waals surface area contributed by atoms with Gasteiger partial charge in [-0.1, -0.05) is 5.22 Å². The van der Waals surface area contributed by atoms with Crippen LogP contribution in [-0.2, 0) is 0 Å². The first-order valence-corrected chi connectivity index (χ1v) is 4.52. The molecule has 1 rings (SSSR count). The molecule has 5 nitrogen and oxygen atoms in total. The van der Waals surface area contributed by atoms with Gasteiger partial charge in [0.15, 0.2) is 0 Å². The molecule has 74 valence electrons. The van der Waals surface area contributed by atoms with Gasteiger partial charge in [-0.2, -0.15) is 0 Å². The molecule has 1 fully saturated rings. The van der Waals surface area contributed by atoms with E-state index in [4.69, 9.17) is 0 Å². The van der Waals surface area contributed by atoms with Crippen molar-refractivity contribution >= 4 is 6.72 Å². The van der Waals surface area contributed by atoms with E-state index in [1.54, 1.807) is 0 Å². The number of nitrogens with zero attached hydrogens (tertiary/aromatic N) is 5. The molecule has 5 heteroatoms. The van der Waals surface area contributed by atoms with Crippen molar-refractivity contribution in [2.24, 2.45) is 15.5 Å². The molecule has 1 saturated heterocycles. The van der Waals surface area contributed by atoms with Gasteiger partial charge in [-0.25, -0.2) is 0 Å². The summed E-state index contributed by atoms with van der Waals surface area (Å²) in [5, 5.41) is 12.6. The lowest BCUT2D eigenvalue weighted by Crippen LogP contribution is -2.39. The highest BCUT2D eigenvalue weighted by Crippen LogP contribution is 2.14. The maximum Gasteiger partial charge on any atom is 0.0509 e. The standard InChI is InChI=1S/C8H17N5/c1-9-10-11-13(3)8-4-6-12(2)7-5-8/h8H,1,4-7H2,2-3H3/b11-10-. The molecule has 0 unspecified atom stereocenters. The van der Waals surface area contributed by atoms with E-state index in [1.165, 1.54) is 0 Å². The van der Waals surface area contributed by atoms with E-state index in [-0.39, 0.29) is 0 Å². The number of piperidine rings is 1. The van der Waals surface area contributed by atoms with Crippen LogP contribution in [0.2, 0.25) is 0 Å². The first-order valence-electron chi connectivity index (χ1n) is 4.52. The van der Waals surface area contributed by atoms with Gasteiger partial charge in [-0.3, -0.25) is 5.01 Å². The summed E-state index contributed by atoms with van der Waals surface area (Å²) in [5.41, 5.74) is 0. The summed E-state index contributed by atoms with van der Waals surface area (Å²) >= 11 is 0. The van der Waals surface area contributed by atoms with Gasteiger partial charge >= 0.3 is 0 Å². The lowest BCUT2D eigenvalue weighted by molar-refractivity contribution is 0.140. The zero-order chi connectivity index (χ0) is 9.68. The zero-order valence-corrected chi connectivity index (χ0v) is 8.35. The maximum absolute atomic E-state index is 3.90. The highest BCUT2D eigenvalue weighted by atomic mass is 15.6. The SMILES string of the molecule is C=N/N=N\N(C)C1CCN(C)CC1. The normalized spacial score (nSPS) is 20.8. The summed E-state index contributed by atoms with van der Waals surface area (Å²) in [5.74, 6) is 0. The van der Waals surface area contributed by atoms with E-state index in [0.29, 0.717) is 6.04 Å². The van der Waals surface area contributed by atoms with Crippen molar-refractivity contribution in [1.29, 1.82) is 0 Å².